The molecule has 0 unspecified atom stereocenters. The highest BCUT2D eigenvalue weighted by Gasteiger charge is 2.32. The van der Waals surface area contributed by atoms with Crippen LogP contribution in [0.3, 0.4) is 0 Å². The fourth-order valence-corrected chi connectivity index (χ4v) is 4.92. The van der Waals surface area contributed by atoms with E-state index in [1.54, 1.807) is 6.20 Å². The second kappa shape index (κ2) is 11.1. The van der Waals surface area contributed by atoms with Crippen LogP contribution in [0.4, 0.5) is 23.0 Å². The molecule has 2 N–H and O–H groups in total. The molecule has 1 atom stereocenters. The van der Waals surface area contributed by atoms with Crippen molar-refractivity contribution < 1.29 is 9.53 Å². The maximum Gasteiger partial charge on any atom is 0.241 e. The van der Waals surface area contributed by atoms with Gasteiger partial charge in [-0.1, -0.05) is 12.1 Å². The Hall–Kier alpha value is -3.49. The SMILES string of the molecule is CC(C)N1CCC[C@@H]1C(=O)Nc1ccc(-c2ccnc(Nc3ccc(N4CCOCC4)cc3)n2)cc1. The van der Waals surface area contributed by atoms with E-state index in [2.05, 4.69) is 51.4 Å². The highest BCUT2D eigenvalue weighted by Crippen LogP contribution is 2.25. The molecule has 188 valence electrons. The quantitative estimate of drug-likeness (QED) is 0.508. The van der Waals surface area contributed by atoms with E-state index < -0.39 is 0 Å². The van der Waals surface area contributed by atoms with Crippen LogP contribution in [0.1, 0.15) is 26.7 Å². The van der Waals surface area contributed by atoms with Crippen molar-refractivity contribution in [2.24, 2.45) is 0 Å². The Bertz CT molecular complexity index is 1160. The predicted octanol–water partition coefficient (Wildman–Crippen LogP) is 4.54. The van der Waals surface area contributed by atoms with E-state index in [4.69, 9.17) is 9.72 Å². The molecule has 36 heavy (non-hydrogen) atoms. The third-order valence-electron chi connectivity index (χ3n) is 6.86. The van der Waals surface area contributed by atoms with Crippen LogP contribution in [0.5, 0.6) is 0 Å². The first-order valence-corrected chi connectivity index (χ1v) is 12.8. The van der Waals surface area contributed by atoms with Gasteiger partial charge in [-0.2, -0.15) is 0 Å². The Labute approximate surface area is 212 Å². The molecule has 2 fully saturated rings. The van der Waals surface area contributed by atoms with Crippen molar-refractivity contribution in [3.05, 3.63) is 60.8 Å². The zero-order valence-corrected chi connectivity index (χ0v) is 21.0. The number of benzene rings is 2. The van der Waals surface area contributed by atoms with Gasteiger partial charge in [0.25, 0.3) is 0 Å². The van der Waals surface area contributed by atoms with E-state index in [0.717, 1.165) is 68.3 Å². The number of anilines is 4. The molecule has 0 saturated carbocycles. The van der Waals surface area contributed by atoms with Gasteiger partial charge in [0.1, 0.15) is 0 Å². The zero-order valence-electron chi connectivity index (χ0n) is 21.0. The molecular formula is C28H34N6O2. The number of hydrogen-bond acceptors (Lipinski definition) is 7. The second-order valence-electron chi connectivity index (χ2n) is 9.59. The number of nitrogens with zero attached hydrogens (tertiary/aromatic N) is 4. The number of likely N-dealkylation sites (tertiary alicyclic amines) is 1. The number of carbonyl (C=O) groups is 1. The molecule has 0 radical (unpaired) electrons. The zero-order chi connectivity index (χ0) is 24.9. The van der Waals surface area contributed by atoms with Gasteiger partial charge in [0.15, 0.2) is 0 Å². The molecule has 2 aliphatic rings. The number of amides is 1. The summed E-state index contributed by atoms with van der Waals surface area (Å²) in [6, 6.07) is 18.3. The van der Waals surface area contributed by atoms with E-state index in [1.165, 1.54) is 5.69 Å². The maximum atomic E-state index is 12.8. The van der Waals surface area contributed by atoms with E-state index in [-0.39, 0.29) is 11.9 Å². The van der Waals surface area contributed by atoms with Crippen LogP contribution < -0.4 is 15.5 Å². The summed E-state index contributed by atoms with van der Waals surface area (Å²) in [4.78, 5) is 26.5. The summed E-state index contributed by atoms with van der Waals surface area (Å²) in [6.45, 7) is 8.64. The molecule has 2 aliphatic heterocycles. The lowest BCUT2D eigenvalue weighted by Gasteiger charge is -2.28. The minimum atomic E-state index is -0.0527. The lowest BCUT2D eigenvalue weighted by atomic mass is 10.1. The van der Waals surface area contributed by atoms with Crippen molar-refractivity contribution in [1.82, 2.24) is 14.9 Å². The second-order valence-corrected chi connectivity index (χ2v) is 9.59. The van der Waals surface area contributed by atoms with Crippen LogP contribution in [0, 0.1) is 0 Å². The van der Waals surface area contributed by atoms with Crippen LogP contribution in [0.15, 0.2) is 60.8 Å². The normalized spacial score (nSPS) is 18.4. The maximum absolute atomic E-state index is 12.8. The van der Waals surface area contributed by atoms with Gasteiger partial charge in [-0.15, -0.1) is 0 Å². The number of morpholine rings is 1. The lowest BCUT2D eigenvalue weighted by Crippen LogP contribution is -2.43. The van der Waals surface area contributed by atoms with E-state index in [9.17, 15) is 4.79 Å². The molecule has 2 aromatic carbocycles. The largest absolute Gasteiger partial charge is 0.378 e. The highest BCUT2D eigenvalue weighted by atomic mass is 16.5. The average Bonchev–Trinajstić information content (AvgIpc) is 3.41. The topological polar surface area (TPSA) is 82.6 Å². The van der Waals surface area contributed by atoms with Gasteiger partial charge in [0, 0.05) is 48.0 Å². The van der Waals surface area contributed by atoms with Gasteiger partial charge < -0.3 is 20.3 Å². The molecule has 1 aromatic heterocycles. The number of rotatable bonds is 7. The lowest BCUT2D eigenvalue weighted by molar-refractivity contribution is -0.120. The van der Waals surface area contributed by atoms with Crippen LogP contribution in [-0.4, -0.2) is 65.7 Å². The molecule has 3 heterocycles. The number of hydrogen-bond donors (Lipinski definition) is 2. The third kappa shape index (κ3) is 5.66. The van der Waals surface area contributed by atoms with Crippen LogP contribution in [-0.2, 0) is 9.53 Å². The van der Waals surface area contributed by atoms with Gasteiger partial charge in [-0.3, -0.25) is 9.69 Å². The fraction of sp³-hybridized carbons (Fsp3) is 0.393. The monoisotopic (exact) mass is 486 g/mol. The molecule has 2 saturated heterocycles. The van der Waals surface area contributed by atoms with E-state index in [0.29, 0.717) is 12.0 Å². The Morgan fingerprint density at radius 2 is 1.69 bits per heavy atom. The Morgan fingerprint density at radius 1 is 0.972 bits per heavy atom. The van der Waals surface area contributed by atoms with Crippen molar-refractivity contribution in [3.8, 4) is 11.3 Å². The minimum absolute atomic E-state index is 0.0527. The predicted molar refractivity (Wildman–Crippen MR) is 144 cm³/mol. The summed E-state index contributed by atoms with van der Waals surface area (Å²) < 4.78 is 5.44. The van der Waals surface area contributed by atoms with Crippen molar-refractivity contribution in [1.29, 1.82) is 0 Å². The summed E-state index contributed by atoms with van der Waals surface area (Å²) in [5.74, 6) is 0.612. The smallest absolute Gasteiger partial charge is 0.241 e. The molecular weight excluding hydrogens is 452 g/mol. The fourth-order valence-electron chi connectivity index (χ4n) is 4.92. The number of nitrogens with one attached hydrogen (secondary N) is 2. The van der Waals surface area contributed by atoms with Crippen LogP contribution in [0.25, 0.3) is 11.3 Å². The molecule has 0 aliphatic carbocycles. The molecule has 8 heteroatoms. The first-order valence-electron chi connectivity index (χ1n) is 12.8. The average molecular weight is 487 g/mol. The Kier molecular flexibility index (Phi) is 7.44. The van der Waals surface area contributed by atoms with Crippen LogP contribution in [0.2, 0.25) is 0 Å². The summed E-state index contributed by atoms with van der Waals surface area (Å²) in [5.41, 5.74) is 4.70. The van der Waals surface area contributed by atoms with Crippen molar-refractivity contribution in [2.75, 3.05) is 48.4 Å². The first kappa shape index (κ1) is 24.2. The molecule has 8 nitrogen and oxygen atoms in total. The summed E-state index contributed by atoms with van der Waals surface area (Å²) in [7, 11) is 0. The van der Waals surface area contributed by atoms with Gasteiger partial charge >= 0.3 is 0 Å². The molecule has 1 amide bonds. The molecule has 3 aromatic rings. The number of ether oxygens (including phenoxy) is 1. The minimum Gasteiger partial charge on any atom is -0.378 e. The standard InChI is InChI=1S/C28H34N6O2/c1-20(2)34-15-3-4-26(34)27(35)30-22-7-5-21(6-8-22)25-13-14-29-28(32-25)31-23-9-11-24(12-10-23)33-16-18-36-19-17-33/h5-14,20,26H,3-4,15-19H2,1-2H3,(H,30,35)(H,29,31,32)/t26-/m1/s1. The third-order valence-corrected chi connectivity index (χ3v) is 6.86. The van der Waals surface area contributed by atoms with Gasteiger partial charge in [0.2, 0.25) is 11.9 Å². The number of aromatic nitrogens is 2. The Balaban J connectivity index is 1.22. The van der Waals surface area contributed by atoms with E-state index >= 15 is 0 Å². The summed E-state index contributed by atoms with van der Waals surface area (Å²) in [5, 5.41) is 6.38. The first-order chi connectivity index (χ1) is 17.6. The van der Waals surface area contributed by atoms with Gasteiger partial charge in [0.05, 0.1) is 24.9 Å². The van der Waals surface area contributed by atoms with Crippen molar-refractivity contribution in [3.63, 3.8) is 0 Å². The summed E-state index contributed by atoms with van der Waals surface area (Å²) >= 11 is 0. The van der Waals surface area contributed by atoms with Crippen LogP contribution >= 0.6 is 0 Å². The Morgan fingerprint density at radius 3 is 2.42 bits per heavy atom. The number of carbonyl (C=O) groups excluding carboxylic acids is 1. The highest BCUT2D eigenvalue weighted by molar-refractivity contribution is 5.95. The van der Waals surface area contributed by atoms with Crippen molar-refractivity contribution in [2.45, 2.75) is 38.8 Å². The van der Waals surface area contributed by atoms with E-state index in [1.807, 2.05) is 42.5 Å². The van der Waals surface area contributed by atoms with Gasteiger partial charge in [-0.25, -0.2) is 9.97 Å². The molecule has 0 bridgehead atoms. The molecule has 0 spiro atoms. The van der Waals surface area contributed by atoms with Crippen molar-refractivity contribution >= 4 is 28.9 Å². The summed E-state index contributed by atoms with van der Waals surface area (Å²) in [6.07, 6.45) is 3.73. The molecule has 5 rings (SSSR count). The van der Waals surface area contributed by atoms with Gasteiger partial charge in [-0.05, 0) is 75.7 Å².